The van der Waals surface area contributed by atoms with Gasteiger partial charge < -0.3 is 24.8 Å². The molecule has 0 aromatic heterocycles. The zero-order chi connectivity index (χ0) is 12.6. The van der Waals surface area contributed by atoms with Gasteiger partial charge in [0.1, 0.15) is 0 Å². The van der Waals surface area contributed by atoms with E-state index < -0.39 is 0 Å². The Bertz CT molecular complexity index is 331. The number of halogens is 2. The van der Waals surface area contributed by atoms with E-state index in [0.717, 1.165) is 0 Å². The predicted octanol–water partition coefficient (Wildman–Crippen LogP) is -1.98. The Morgan fingerprint density at radius 1 is 0.833 bits per heavy atom. The molecule has 2 aromatic carbocycles. The minimum atomic E-state index is 0. The van der Waals surface area contributed by atoms with E-state index in [-0.39, 0.29) is 24.8 Å². The van der Waals surface area contributed by atoms with E-state index in [1.807, 2.05) is 0 Å². The Morgan fingerprint density at radius 3 is 1.17 bits per heavy atom. The second-order valence-electron chi connectivity index (χ2n) is 3.93. The molecule has 0 atom stereocenters. The summed E-state index contributed by atoms with van der Waals surface area (Å²) >= 11 is 1.75. The second kappa shape index (κ2) is 13.3. The van der Waals surface area contributed by atoms with E-state index in [2.05, 4.69) is 68.9 Å². The van der Waals surface area contributed by atoms with Crippen LogP contribution in [0.5, 0.6) is 0 Å². The molecule has 2 rings (SSSR count). The van der Waals surface area contributed by atoms with Gasteiger partial charge in [0, 0.05) is 0 Å². The Hall–Kier alpha value is -0.136. The van der Waals surface area contributed by atoms with Gasteiger partial charge in [-0.25, -0.2) is 23.3 Å². The smallest absolute Gasteiger partial charge is 1.00 e. The van der Waals surface area contributed by atoms with Crippen LogP contribution in [0.1, 0.15) is 22.3 Å². The van der Waals surface area contributed by atoms with Gasteiger partial charge in [-0.2, -0.15) is 35.4 Å². The topological polar surface area (TPSA) is 0 Å². The Morgan fingerprint density at radius 2 is 1.11 bits per heavy atom. The van der Waals surface area contributed by atoms with E-state index in [1.165, 1.54) is 22.3 Å². The molecule has 0 nitrogen and oxygen atoms in total. The van der Waals surface area contributed by atoms with Crippen molar-refractivity contribution in [3.05, 3.63) is 58.7 Å². The van der Waals surface area contributed by atoms with Crippen molar-refractivity contribution in [2.24, 2.45) is 0 Å². The monoisotopic (exact) mass is 318 g/mol. The van der Waals surface area contributed by atoms with Crippen LogP contribution in [-0.2, 0) is 20.0 Å². The molecule has 0 bridgehead atoms. The second-order valence-corrected chi connectivity index (χ2v) is 3.93. The first kappa shape index (κ1) is 23.0. The summed E-state index contributed by atoms with van der Waals surface area (Å²) in [5, 5.41) is 0. The van der Waals surface area contributed by atoms with Crippen LogP contribution in [0.25, 0.3) is 0 Å². The first-order valence-corrected chi connectivity index (χ1v) is 6.43. The van der Waals surface area contributed by atoms with Crippen molar-refractivity contribution in [2.75, 3.05) is 0 Å². The molecule has 0 aliphatic rings. The molecule has 0 saturated carbocycles. The van der Waals surface area contributed by atoms with Gasteiger partial charge in [0.25, 0.3) is 0 Å². The first-order valence-electron chi connectivity index (χ1n) is 5.33. The predicted molar refractivity (Wildman–Crippen MR) is 70.1 cm³/mol. The fourth-order valence-electron chi connectivity index (χ4n) is 1.44. The summed E-state index contributed by atoms with van der Waals surface area (Å²) < 4.78 is 0. The molecule has 0 fully saturated rings. The molecular weight excluding hydrogens is 299 g/mol. The third-order valence-electron chi connectivity index (χ3n) is 2.13. The van der Waals surface area contributed by atoms with E-state index in [9.17, 15) is 0 Å². The number of rotatable bonds is 0. The van der Waals surface area contributed by atoms with Crippen LogP contribution in [0.2, 0.25) is 0 Å². The molecule has 0 unspecified atom stereocenters. The summed E-state index contributed by atoms with van der Waals surface area (Å²) in [7, 11) is 0. The molecule has 18 heavy (non-hydrogen) atoms. The number of hydrogen-bond donors (Lipinski definition) is 0. The van der Waals surface area contributed by atoms with Gasteiger partial charge in [-0.3, -0.25) is 0 Å². The van der Waals surface area contributed by atoms with Crippen LogP contribution in [0.3, 0.4) is 0 Å². The molecule has 100 valence electrons. The molecule has 3 heteroatoms. The Kier molecular flexibility index (Phi) is 17.0. The van der Waals surface area contributed by atoms with E-state index in [0.29, 0.717) is 0 Å². The molecular formula is C15H20Cl2Ti-2. The molecule has 0 aliphatic carbocycles. The average molecular weight is 319 g/mol. The molecule has 0 radical (unpaired) electrons. The zero-order valence-corrected chi connectivity index (χ0v) is 14.5. The van der Waals surface area contributed by atoms with Crippen LogP contribution >= 0.6 is 0 Å². The van der Waals surface area contributed by atoms with Crippen molar-refractivity contribution in [1.29, 1.82) is 0 Å². The minimum Gasteiger partial charge on any atom is -1.00 e. The maximum atomic E-state index is 3.25. The average Bonchev–Trinajstić information content (AvgIpc) is 2.80. The summed E-state index contributed by atoms with van der Waals surface area (Å²) in [5.74, 6) is 0. The molecule has 0 aliphatic heterocycles. The molecule has 0 heterocycles. The maximum absolute atomic E-state index is 3.25. The molecule has 0 N–H and O–H groups in total. The van der Waals surface area contributed by atoms with Crippen LogP contribution in [0.4, 0.5) is 0 Å². The largest absolute Gasteiger partial charge is 1.00 e. The van der Waals surface area contributed by atoms with Crippen molar-refractivity contribution < 1.29 is 44.8 Å². The molecule has 0 saturated heterocycles. The van der Waals surface area contributed by atoms with Gasteiger partial charge in [0.05, 0.1) is 0 Å². The molecule has 0 amide bonds. The van der Waals surface area contributed by atoms with Crippen LogP contribution in [-0.4, -0.2) is 4.82 Å². The summed E-state index contributed by atoms with van der Waals surface area (Å²) in [6.45, 7) is 8.42. The van der Waals surface area contributed by atoms with Gasteiger partial charge in [0.15, 0.2) is 0 Å². The van der Waals surface area contributed by atoms with Crippen molar-refractivity contribution in [2.45, 2.75) is 27.7 Å². The van der Waals surface area contributed by atoms with Crippen molar-refractivity contribution in [1.82, 2.24) is 0 Å². The molecule has 2 aromatic rings. The molecule has 0 spiro atoms. The Labute approximate surface area is 135 Å². The van der Waals surface area contributed by atoms with E-state index in [1.54, 1.807) is 20.0 Å². The van der Waals surface area contributed by atoms with Gasteiger partial charge in [-0.1, -0.05) is 27.7 Å². The quantitative estimate of drug-likeness (QED) is 0.390. The van der Waals surface area contributed by atoms with Gasteiger partial charge >= 0.3 is 24.8 Å². The van der Waals surface area contributed by atoms with Crippen molar-refractivity contribution >= 4 is 4.82 Å². The summed E-state index contributed by atoms with van der Waals surface area (Å²) in [4.78, 5) is 3.25. The summed E-state index contributed by atoms with van der Waals surface area (Å²) in [5.41, 5.74) is 5.44. The minimum absolute atomic E-state index is 0. The van der Waals surface area contributed by atoms with Gasteiger partial charge in [-0.05, 0) is 0 Å². The maximum Gasteiger partial charge on any atom is -1.00 e. The van der Waals surface area contributed by atoms with Crippen molar-refractivity contribution in [3.8, 4) is 0 Å². The zero-order valence-electron chi connectivity index (χ0n) is 11.4. The third kappa shape index (κ3) is 11.0. The number of hydrogen-bond acceptors (Lipinski definition) is 0. The van der Waals surface area contributed by atoms with Crippen molar-refractivity contribution in [3.63, 3.8) is 0 Å². The fourth-order valence-corrected chi connectivity index (χ4v) is 1.44. The van der Waals surface area contributed by atoms with E-state index in [4.69, 9.17) is 0 Å². The fraction of sp³-hybridized carbons (Fsp3) is 0.267. The standard InChI is InChI=1S/2C7H9.CH2.2ClH.Ti/c2*1-6-3-4-7(2)5-6;;;;/h2*3-5H,1-2H3;1H2;2*1H;/q2*-1;;;;+2/p-2. The van der Waals surface area contributed by atoms with Crippen LogP contribution in [0, 0.1) is 27.7 Å². The van der Waals surface area contributed by atoms with Crippen LogP contribution < -0.4 is 24.8 Å². The first-order chi connectivity index (χ1) is 7.58. The third-order valence-corrected chi connectivity index (χ3v) is 2.13. The van der Waals surface area contributed by atoms with Crippen LogP contribution in [0.15, 0.2) is 36.4 Å². The summed E-state index contributed by atoms with van der Waals surface area (Å²) in [6.07, 6.45) is 0. The van der Waals surface area contributed by atoms with E-state index >= 15 is 0 Å². The normalized spacial score (nSPS) is 7.67. The van der Waals surface area contributed by atoms with Gasteiger partial charge in [-0.15, -0.1) is 0 Å². The van der Waals surface area contributed by atoms with Gasteiger partial charge in [0.2, 0.25) is 0 Å². The Balaban J connectivity index is -0.000000200. The number of aryl methyl sites for hydroxylation is 4. The summed E-state index contributed by atoms with van der Waals surface area (Å²) in [6, 6.07) is 12.8. The SMILES string of the molecule is Cc1cc[c-](C)c1.Cc1cc[c-](C)c1.[CH2]=[Ti+2].[Cl-].[Cl-].